The smallest absolute Gasteiger partial charge is 0.0672 e. The van der Waals surface area contributed by atoms with E-state index < -0.39 is 0 Å². The summed E-state index contributed by atoms with van der Waals surface area (Å²) in [5, 5.41) is 0. The molecule has 2 saturated carbocycles. The van der Waals surface area contributed by atoms with Gasteiger partial charge in [-0.05, 0) is 48.9 Å². The van der Waals surface area contributed by atoms with Gasteiger partial charge in [0.1, 0.15) is 0 Å². The highest BCUT2D eigenvalue weighted by Gasteiger charge is 2.47. The zero-order chi connectivity index (χ0) is 14.2. The molecule has 0 saturated heterocycles. The maximum absolute atomic E-state index is 2.70. The van der Waals surface area contributed by atoms with Crippen LogP contribution in [0.15, 0.2) is 0 Å². The van der Waals surface area contributed by atoms with Crippen molar-refractivity contribution in [3.05, 3.63) is 0 Å². The minimum Gasteiger partial charge on any atom is -0.0672 e. The molecule has 0 aromatic carbocycles. The van der Waals surface area contributed by atoms with E-state index in [9.17, 15) is 0 Å². The molecule has 112 valence electrons. The van der Waals surface area contributed by atoms with Gasteiger partial charge in [-0.2, -0.15) is 0 Å². The molecule has 2 heteroatoms. The lowest BCUT2D eigenvalue weighted by Gasteiger charge is -2.51. The summed E-state index contributed by atoms with van der Waals surface area (Å²) in [6.45, 7) is 10.0. The van der Waals surface area contributed by atoms with Crippen molar-refractivity contribution in [3.63, 3.8) is 0 Å². The summed E-state index contributed by atoms with van der Waals surface area (Å²) in [6, 6.07) is 0. The van der Waals surface area contributed by atoms with E-state index in [2.05, 4.69) is 72.9 Å². The van der Waals surface area contributed by atoms with Crippen molar-refractivity contribution in [1.29, 1.82) is 0 Å². The van der Waals surface area contributed by atoms with Crippen LogP contribution >= 0.6 is 45.2 Å². The van der Waals surface area contributed by atoms with Gasteiger partial charge in [0.2, 0.25) is 0 Å². The van der Waals surface area contributed by atoms with Crippen LogP contribution in [0.4, 0.5) is 0 Å². The highest BCUT2D eigenvalue weighted by molar-refractivity contribution is 14.2. The largest absolute Gasteiger partial charge is 0.0740 e. The molecule has 0 spiro atoms. The van der Waals surface area contributed by atoms with Gasteiger partial charge in [0.05, 0.1) is 1.43 Å². The van der Waals surface area contributed by atoms with Gasteiger partial charge in [-0.3, -0.25) is 0 Å². The van der Waals surface area contributed by atoms with E-state index >= 15 is 0 Å². The molecule has 0 N–H and O–H groups in total. The lowest BCUT2D eigenvalue weighted by molar-refractivity contribution is 0.0216. The Morgan fingerprint density at radius 3 is 2.00 bits per heavy atom. The molecule has 0 radical (unpaired) electrons. The van der Waals surface area contributed by atoms with Crippen LogP contribution in [0.5, 0.6) is 0 Å². The number of halogens is 2. The Labute approximate surface area is 147 Å². The number of hydrogen-bond donors (Lipinski definition) is 0. The van der Waals surface area contributed by atoms with E-state index in [1.165, 1.54) is 38.5 Å². The lowest BCUT2D eigenvalue weighted by Crippen LogP contribution is -2.46. The van der Waals surface area contributed by atoms with Crippen molar-refractivity contribution in [1.82, 2.24) is 0 Å². The predicted octanol–water partition coefficient (Wildman–Crippen LogP) is 6.70. The maximum atomic E-state index is 2.70. The third-order valence-electron chi connectivity index (χ3n) is 6.19. The van der Waals surface area contributed by atoms with Crippen molar-refractivity contribution in [3.8, 4) is 0 Å². The molecule has 2 aliphatic rings. The summed E-state index contributed by atoms with van der Waals surface area (Å²) in [7, 11) is 0. The molecule has 0 bridgehead atoms. The first-order valence-corrected chi connectivity index (χ1v) is 10.4. The Balaban J connectivity index is 2.16. The molecule has 2 fully saturated rings. The van der Waals surface area contributed by atoms with Crippen LogP contribution in [0.1, 0.15) is 66.2 Å². The van der Waals surface area contributed by atoms with E-state index in [1.807, 2.05) is 0 Å². The van der Waals surface area contributed by atoms with E-state index in [0.717, 1.165) is 35.5 Å². The molecule has 4 unspecified atom stereocenters. The summed E-state index contributed by atoms with van der Waals surface area (Å²) in [6.07, 6.45) is 9.00. The third-order valence-corrected chi connectivity index (χ3v) is 7.63. The zero-order valence-corrected chi connectivity index (χ0v) is 17.3. The monoisotopic (exact) mass is 488 g/mol. The van der Waals surface area contributed by atoms with Gasteiger partial charge in [0, 0.05) is 0 Å². The molecule has 0 aromatic heterocycles. The molecule has 0 nitrogen and oxygen atoms in total. The highest BCUT2D eigenvalue weighted by atomic mass is 127. The van der Waals surface area contributed by atoms with E-state index in [0.29, 0.717) is 1.43 Å². The normalized spacial score (nSPS) is 42.3. The van der Waals surface area contributed by atoms with Gasteiger partial charge < -0.3 is 0 Å². The van der Waals surface area contributed by atoms with Crippen molar-refractivity contribution in [2.75, 3.05) is 0 Å². The Bertz CT molecular complexity index is 288. The summed E-state index contributed by atoms with van der Waals surface area (Å²) in [4.78, 5) is 0. The molecular weight excluding hydrogens is 458 g/mol. The molecule has 0 amide bonds. The van der Waals surface area contributed by atoms with Crippen molar-refractivity contribution in [2.45, 2.75) is 67.6 Å². The number of rotatable bonds is 2. The molecule has 0 aromatic rings. The Morgan fingerprint density at radius 1 is 0.895 bits per heavy atom. The fraction of sp³-hybridized carbons (Fsp3) is 1.00. The molecule has 2 rings (SSSR count). The Hall–Kier alpha value is 1.46. The Kier molecular flexibility index (Phi) is 5.93. The van der Waals surface area contributed by atoms with Gasteiger partial charge in [-0.1, -0.05) is 98.1 Å². The van der Waals surface area contributed by atoms with E-state index in [4.69, 9.17) is 0 Å². The van der Waals surface area contributed by atoms with Gasteiger partial charge in [-0.25, -0.2) is 0 Å². The van der Waals surface area contributed by atoms with Gasteiger partial charge in [-0.15, -0.1) is 0 Å². The second-order valence-corrected chi connectivity index (χ2v) is 14.0. The van der Waals surface area contributed by atoms with Crippen LogP contribution in [-0.2, 0) is 0 Å². The first-order chi connectivity index (χ1) is 8.82. The quantitative estimate of drug-likeness (QED) is 0.300. The fourth-order valence-corrected chi connectivity index (χ4v) is 7.33. The average Bonchev–Trinajstić information content (AvgIpc) is 2.33. The van der Waals surface area contributed by atoms with Crippen LogP contribution in [0.3, 0.4) is 0 Å². The first kappa shape index (κ1) is 16.8. The zero-order valence-electron chi connectivity index (χ0n) is 13.0. The number of hydrogen-bond acceptors (Lipinski definition) is 0. The second-order valence-electron chi connectivity index (χ2n) is 7.48. The van der Waals surface area contributed by atoms with Gasteiger partial charge in [0.15, 0.2) is 0 Å². The second kappa shape index (κ2) is 6.70. The van der Waals surface area contributed by atoms with Crippen molar-refractivity contribution < 1.29 is 0 Å². The minimum absolute atomic E-state index is 0.413. The van der Waals surface area contributed by atoms with Crippen LogP contribution in [-0.4, -0.2) is 1.43 Å². The van der Waals surface area contributed by atoms with Crippen LogP contribution in [0.25, 0.3) is 0 Å². The van der Waals surface area contributed by atoms with E-state index in [-0.39, 0.29) is 0 Å². The Morgan fingerprint density at radius 2 is 1.47 bits per heavy atom. The summed E-state index contributed by atoms with van der Waals surface area (Å²) >= 11 is 5.41. The average molecular weight is 488 g/mol. The van der Waals surface area contributed by atoms with Gasteiger partial charge in [0.25, 0.3) is 0 Å². The predicted molar refractivity (Wildman–Crippen MR) is 102 cm³/mol. The lowest BCUT2D eigenvalue weighted by atomic mass is 9.58. The first-order valence-electron chi connectivity index (χ1n) is 8.20. The van der Waals surface area contributed by atoms with E-state index in [1.54, 1.807) is 0 Å². The standard InChI is InChI=1S/C17H30I2/c1-11-10-15(14-8-6-5-7-9-14)13(3)16(12(11)2)17(4,18)19/h11-16H,5-10H2,1-4H3/t11?,12?,13?,15-,16?/m1/s1. The van der Waals surface area contributed by atoms with Gasteiger partial charge >= 0.3 is 0 Å². The molecule has 0 heterocycles. The molecule has 2 aliphatic carbocycles. The van der Waals surface area contributed by atoms with Crippen LogP contribution in [0, 0.1) is 35.5 Å². The number of alkyl halides is 2. The van der Waals surface area contributed by atoms with Crippen molar-refractivity contribution >= 4 is 45.2 Å². The molecule has 19 heavy (non-hydrogen) atoms. The fourth-order valence-electron chi connectivity index (χ4n) is 5.06. The third kappa shape index (κ3) is 3.81. The van der Waals surface area contributed by atoms with Crippen LogP contribution < -0.4 is 0 Å². The molecule has 0 aliphatic heterocycles. The topological polar surface area (TPSA) is 0 Å². The summed E-state index contributed by atoms with van der Waals surface area (Å²) < 4.78 is 0.413. The highest BCUT2D eigenvalue weighted by Crippen LogP contribution is 2.55. The SMILES string of the molecule is CC1C[C@@H](C2CCCCC2)C(C)C(C(C)(I)I)C1C. The van der Waals surface area contributed by atoms with Crippen molar-refractivity contribution in [2.24, 2.45) is 35.5 Å². The maximum Gasteiger partial charge on any atom is 0.0740 e. The van der Waals surface area contributed by atoms with Crippen LogP contribution in [0.2, 0.25) is 0 Å². The molecular formula is C17H30I2. The minimum atomic E-state index is 0.413. The molecule has 5 atom stereocenters. The summed E-state index contributed by atoms with van der Waals surface area (Å²) in [5.41, 5.74) is 0. The summed E-state index contributed by atoms with van der Waals surface area (Å²) in [5.74, 6) is 5.62.